The molecule has 0 heterocycles. The molecule has 0 spiro atoms. The van der Waals surface area contributed by atoms with E-state index in [0.29, 0.717) is 5.75 Å². The molecule has 0 radical (unpaired) electrons. The van der Waals surface area contributed by atoms with Crippen molar-refractivity contribution in [2.75, 3.05) is 6.61 Å². The zero-order valence-electron chi connectivity index (χ0n) is 9.52. The van der Waals surface area contributed by atoms with Gasteiger partial charge in [0.1, 0.15) is 18.1 Å². The molecule has 2 rings (SSSR count). The molecule has 0 fully saturated rings. The molecule has 0 amide bonds. The van der Waals surface area contributed by atoms with E-state index >= 15 is 0 Å². The van der Waals surface area contributed by atoms with E-state index in [0.717, 1.165) is 17.0 Å². The Balaban J connectivity index is 2.22. The molecule has 92 valence electrons. The summed E-state index contributed by atoms with van der Waals surface area (Å²) >= 11 is 0. The lowest BCUT2D eigenvalue weighted by molar-refractivity contribution is 0.307. The van der Waals surface area contributed by atoms with Gasteiger partial charge in [-0.3, -0.25) is 0 Å². The highest BCUT2D eigenvalue weighted by atomic mass is 16.5. The second-order valence-corrected chi connectivity index (χ2v) is 3.60. The fraction of sp³-hybridized carbons (Fsp3) is 0.0769. The lowest BCUT2D eigenvalue weighted by atomic mass is 10.1. The van der Waals surface area contributed by atoms with Crippen molar-refractivity contribution < 1.29 is 15.2 Å². The van der Waals surface area contributed by atoms with Gasteiger partial charge in [-0.25, -0.2) is 0 Å². The molecule has 0 bridgehead atoms. The summed E-state index contributed by atoms with van der Waals surface area (Å²) in [5, 5.41) is 24.8. The van der Waals surface area contributed by atoms with E-state index < -0.39 is 0 Å². The minimum atomic E-state index is 0.0224. The zero-order valence-corrected chi connectivity index (χ0v) is 9.52. The average molecular weight is 244 g/mol. The van der Waals surface area contributed by atoms with Crippen LogP contribution in [0.25, 0.3) is 10.8 Å². The molecule has 2 aromatic carbocycles. The first-order valence-corrected chi connectivity index (χ1v) is 5.34. The van der Waals surface area contributed by atoms with Gasteiger partial charge in [0, 0.05) is 5.39 Å². The maximum Gasteiger partial charge on any atom is 0.138 e. The van der Waals surface area contributed by atoms with Crippen molar-refractivity contribution in [3.05, 3.63) is 42.5 Å². The number of hydrogen-bond donors (Lipinski definition) is 2. The predicted octanol–water partition coefficient (Wildman–Crippen LogP) is 2.51. The van der Waals surface area contributed by atoms with Crippen LogP contribution in [0, 0.1) is 0 Å². The fourth-order valence-corrected chi connectivity index (χ4v) is 1.63. The number of nitrogens with zero attached hydrogens (tertiary/aromatic N) is 2. The van der Waals surface area contributed by atoms with Gasteiger partial charge in [0.15, 0.2) is 0 Å². The first kappa shape index (κ1) is 11.9. The first-order valence-electron chi connectivity index (χ1n) is 5.34. The molecule has 5 heteroatoms. The minimum absolute atomic E-state index is 0.0224. The van der Waals surface area contributed by atoms with Crippen LogP contribution >= 0.6 is 0 Å². The van der Waals surface area contributed by atoms with Gasteiger partial charge in [-0.15, -0.1) is 0 Å². The van der Waals surface area contributed by atoms with Gasteiger partial charge >= 0.3 is 0 Å². The first-order chi connectivity index (χ1) is 8.85. The molecule has 2 N–H and O–H groups in total. The summed E-state index contributed by atoms with van der Waals surface area (Å²) in [4.78, 5) is 0. The lowest BCUT2D eigenvalue weighted by Gasteiger charge is -2.08. The lowest BCUT2D eigenvalue weighted by Crippen LogP contribution is -2.13. The molecular formula is C13H12N2O3. The summed E-state index contributed by atoms with van der Waals surface area (Å²) in [6.45, 7) is 0.0224. The van der Waals surface area contributed by atoms with Crippen LogP contribution in [0.5, 0.6) is 5.75 Å². The van der Waals surface area contributed by atoms with Gasteiger partial charge in [-0.1, -0.05) is 46.7 Å². The molecule has 18 heavy (non-hydrogen) atoms. The zero-order chi connectivity index (χ0) is 12.8. The number of ether oxygens (including phenoxy) is 1. The van der Waals surface area contributed by atoms with Crippen LogP contribution in [-0.2, 0) is 0 Å². The third-order valence-electron chi connectivity index (χ3n) is 2.46. The highest BCUT2D eigenvalue weighted by molar-refractivity contribution is 6.31. The summed E-state index contributed by atoms with van der Waals surface area (Å²) in [7, 11) is 0. The molecule has 5 nitrogen and oxygen atoms in total. The number of oxime groups is 2. The van der Waals surface area contributed by atoms with Crippen LogP contribution in [0.1, 0.15) is 0 Å². The van der Waals surface area contributed by atoms with Crippen LogP contribution in [0.3, 0.4) is 0 Å². The highest BCUT2D eigenvalue weighted by Crippen LogP contribution is 2.24. The van der Waals surface area contributed by atoms with E-state index in [2.05, 4.69) is 10.3 Å². The maximum absolute atomic E-state index is 8.65. The van der Waals surface area contributed by atoms with E-state index in [4.69, 9.17) is 15.2 Å². The highest BCUT2D eigenvalue weighted by Gasteiger charge is 2.03. The number of fused-ring (bicyclic) bond motifs is 1. The number of hydrogen-bond acceptors (Lipinski definition) is 5. The van der Waals surface area contributed by atoms with Gasteiger partial charge in [0.25, 0.3) is 0 Å². The molecule has 0 atom stereocenters. The van der Waals surface area contributed by atoms with Gasteiger partial charge in [0.05, 0.1) is 6.21 Å². The van der Waals surface area contributed by atoms with Crippen molar-refractivity contribution in [3.63, 3.8) is 0 Å². The Morgan fingerprint density at radius 3 is 2.67 bits per heavy atom. The summed E-state index contributed by atoms with van der Waals surface area (Å²) in [6, 6.07) is 13.5. The summed E-state index contributed by atoms with van der Waals surface area (Å²) < 4.78 is 5.53. The largest absolute Gasteiger partial charge is 0.486 e. The van der Waals surface area contributed by atoms with Gasteiger partial charge in [0.2, 0.25) is 0 Å². The summed E-state index contributed by atoms with van der Waals surface area (Å²) in [5.41, 5.74) is 0.130. The van der Waals surface area contributed by atoms with Crippen molar-refractivity contribution >= 4 is 22.7 Å². The average Bonchev–Trinajstić information content (AvgIpc) is 2.43. The van der Waals surface area contributed by atoms with Crippen molar-refractivity contribution in [2.45, 2.75) is 0 Å². The Kier molecular flexibility index (Phi) is 3.76. The minimum Gasteiger partial charge on any atom is -0.486 e. The molecule has 0 aromatic heterocycles. The van der Waals surface area contributed by atoms with Crippen LogP contribution in [0.4, 0.5) is 0 Å². The Labute approximate surface area is 104 Å². The predicted molar refractivity (Wildman–Crippen MR) is 68.9 cm³/mol. The second kappa shape index (κ2) is 5.67. The van der Waals surface area contributed by atoms with Crippen LogP contribution in [-0.4, -0.2) is 28.9 Å². The molecule has 0 aliphatic rings. The van der Waals surface area contributed by atoms with Crippen LogP contribution < -0.4 is 4.74 Å². The monoisotopic (exact) mass is 244 g/mol. The van der Waals surface area contributed by atoms with E-state index in [1.165, 1.54) is 0 Å². The van der Waals surface area contributed by atoms with Crippen LogP contribution in [0.15, 0.2) is 52.8 Å². The molecule has 0 unspecified atom stereocenters. The second-order valence-electron chi connectivity index (χ2n) is 3.60. The Bertz CT molecular complexity index is 588. The Morgan fingerprint density at radius 2 is 1.89 bits per heavy atom. The van der Waals surface area contributed by atoms with Gasteiger partial charge < -0.3 is 15.2 Å². The Morgan fingerprint density at radius 1 is 1.11 bits per heavy atom. The Hall–Kier alpha value is -2.56. The smallest absolute Gasteiger partial charge is 0.138 e. The summed E-state index contributed by atoms with van der Waals surface area (Å²) in [5.74, 6) is 0.681. The van der Waals surface area contributed by atoms with E-state index in [1.807, 2.05) is 42.5 Å². The standard InChI is InChI=1S/C13H12N2O3/c16-14-8-11(15-17)9-18-13-7-3-5-10-4-1-2-6-12(10)13/h1-8,16-17H,9H2/b14-8+,15-11+. The van der Waals surface area contributed by atoms with Gasteiger partial charge in [-0.05, 0) is 11.5 Å². The molecule has 2 aromatic rings. The van der Waals surface area contributed by atoms with Gasteiger partial charge in [-0.2, -0.15) is 0 Å². The molecule has 0 saturated carbocycles. The fourth-order valence-electron chi connectivity index (χ4n) is 1.63. The molecule has 0 aliphatic heterocycles. The van der Waals surface area contributed by atoms with E-state index in [-0.39, 0.29) is 12.3 Å². The normalized spacial score (nSPS) is 12.1. The van der Waals surface area contributed by atoms with Crippen LogP contribution in [0.2, 0.25) is 0 Å². The molecule has 0 saturated heterocycles. The van der Waals surface area contributed by atoms with E-state index in [1.54, 1.807) is 0 Å². The van der Waals surface area contributed by atoms with Crippen molar-refractivity contribution in [1.29, 1.82) is 0 Å². The van der Waals surface area contributed by atoms with Crippen molar-refractivity contribution in [1.82, 2.24) is 0 Å². The van der Waals surface area contributed by atoms with Crippen molar-refractivity contribution in [2.24, 2.45) is 10.3 Å². The number of rotatable bonds is 4. The number of benzene rings is 2. The molecule has 0 aliphatic carbocycles. The quantitative estimate of drug-likeness (QED) is 0.493. The topological polar surface area (TPSA) is 74.4 Å². The maximum atomic E-state index is 8.65. The summed E-state index contributed by atoms with van der Waals surface area (Å²) in [6.07, 6.45) is 1.02. The third-order valence-corrected chi connectivity index (χ3v) is 2.46. The van der Waals surface area contributed by atoms with Crippen molar-refractivity contribution in [3.8, 4) is 5.75 Å². The van der Waals surface area contributed by atoms with E-state index in [9.17, 15) is 0 Å². The third kappa shape index (κ3) is 2.57. The SMILES string of the molecule is O/N=C/C(COc1cccc2ccccc12)=N\O. The molecular weight excluding hydrogens is 232 g/mol.